The summed E-state index contributed by atoms with van der Waals surface area (Å²) in [6.45, 7) is 2.58. The minimum atomic E-state index is -0.451. The quantitative estimate of drug-likeness (QED) is 0.389. The van der Waals surface area contributed by atoms with Gasteiger partial charge in [0.25, 0.3) is 5.91 Å². The number of nitrogens with one attached hydrogen (secondary N) is 1. The van der Waals surface area contributed by atoms with Crippen molar-refractivity contribution < 1.29 is 14.3 Å². The van der Waals surface area contributed by atoms with Crippen LogP contribution >= 0.6 is 11.6 Å². The molecule has 0 heterocycles. The van der Waals surface area contributed by atoms with Gasteiger partial charge in [0.1, 0.15) is 6.61 Å². The van der Waals surface area contributed by atoms with E-state index in [1.165, 1.54) is 6.07 Å². The number of hydrogen-bond acceptors (Lipinski definition) is 4. The van der Waals surface area contributed by atoms with Gasteiger partial charge in [0.2, 0.25) is 0 Å². The molecule has 0 atom stereocenters. The van der Waals surface area contributed by atoms with Crippen LogP contribution in [0, 0.1) is 0 Å². The molecule has 3 aromatic carbocycles. The fraction of sp³-hybridized carbons (Fsp3) is 0.150. The van der Waals surface area contributed by atoms with Crippen molar-refractivity contribution in [2.24, 2.45) is 5.84 Å². The molecule has 0 saturated carbocycles. The van der Waals surface area contributed by atoms with Gasteiger partial charge in [0, 0.05) is 5.56 Å². The molecule has 134 valence electrons. The van der Waals surface area contributed by atoms with Crippen LogP contribution in [0.25, 0.3) is 10.8 Å². The van der Waals surface area contributed by atoms with E-state index in [-0.39, 0.29) is 5.02 Å². The van der Waals surface area contributed by atoms with Crippen LogP contribution < -0.4 is 20.7 Å². The van der Waals surface area contributed by atoms with Crippen molar-refractivity contribution >= 4 is 28.3 Å². The van der Waals surface area contributed by atoms with Gasteiger partial charge >= 0.3 is 0 Å². The van der Waals surface area contributed by atoms with Gasteiger partial charge in [-0.1, -0.05) is 54.1 Å². The number of carbonyl (C=O) groups is 1. The van der Waals surface area contributed by atoms with Gasteiger partial charge in [-0.05, 0) is 35.4 Å². The van der Waals surface area contributed by atoms with Gasteiger partial charge in [-0.3, -0.25) is 10.2 Å². The maximum absolute atomic E-state index is 11.8. The molecule has 0 bridgehead atoms. The van der Waals surface area contributed by atoms with Crippen molar-refractivity contribution in [2.75, 3.05) is 6.61 Å². The molecule has 0 spiro atoms. The summed E-state index contributed by atoms with van der Waals surface area (Å²) in [5, 5.41) is 2.54. The van der Waals surface area contributed by atoms with Crippen LogP contribution in [0.4, 0.5) is 0 Å². The molecule has 0 saturated heterocycles. The van der Waals surface area contributed by atoms with Gasteiger partial charge in [0.05, 0.1) is 11.6 Å². The smallest absolute Gasteiger partial charge is 0.265 e. The standard InChI is InChI=1S/C20H19ClN2O3/c1-2-25-18-11-15(20(24)23-22)10-17(21)19(18)26-12-14-8-5-7-13-6-3-4-9-16(13)14/h3-11H,2,12,22H2,1H3,(H,23,24). The van der Waals surface area contributed by atoms with E-state index < -0.39 is 5.91 Å². The maximum atomic E-state index is 11.8. The van der Waals surface area contributed by atoms with Crippen LogP contribution in [-0.2, 0) is 6.61 Å². The molecule has 0 aliphatic rings. The molecular weight excluding hydrogens is 352 g/mol. The zero-order valence-electron chi connectivity index (χ0n) is 14.3. The lowest BCUT2D eigenvalue weighted by Crippen LogP contribution is -2.30. The number of amides is 1. The first kappa shape index (κ1) is 18.0. The van der Waals surface area contributed by atoms with Gasteiger partial charge in [-0.25, -0.2) is 5.84 Å². The van der Waals surface area contributed by atoms with Crippen LogP contribution in [-0.4, -0.2) is 12.5 Å². The number of hydrogen-bond donors (Lipinski definition) is 2. The Bertz CT molecular complexity index is 938. The summed E-state index contributed by atoms with van der Waals surface area (Å²) in [4.78, 5) is 11.8. The van der Waals surface area contributed by atoms with Crippen molar-refractivity contribution in [1.82, 2.24) is 5.43 Å². The molecule has 6 heteroatoms. The second-order valence-corrected chi connectivity index (χ2v) is 6.03. The zero-order chi connectivity index (χ0) is 18.5. The topological polar surface area (TPSA) is 73.6 Å². The van der Waals surface area contributed by atoms with E-state index in [0.717, 1.165) is 16.3 Å². The van der Waals surface area contributed by atoms with Crippen LogP contribution in [0.15, 0.2) is 54.6 Å². The van der Waals surface area contributed by atoms with Gasteiger partial charge in [-0.2, -0.15) is 0 Å². The Balaban J connectivity index is 1.92. The molecule has 3 aromatic rings. The second kappa shape index (κ2) is 8.08. The number of benzene rings is 3. The Morgan fingerprint density at radius 3 is 2.65 bits per heavy atom. The molecule has 0 unspecified atom stereocenters. The van der Waals surface area contributed by atoms with Crippen molar-refractivity contribution in [3.63, 3.8) is 0 Å². The van der Waals surface area contributed by atoms with E-state index in [9.17, 15) is 4.79 Å². The Hall–Kier alpha value is -2.76. The molecule has 3 N–H and O–H groups in total. The predicted octanol–water partition coefficient (Wildman–Crippen LogP) is 4.07. The Morgan fingerprint density at radius 2 is 1.88 bits per heavy atom. The summed E-state index contributed by atoms with van der Waals surface area (Å²) in [5.41, 5.74) is 3.42. The fourth-order valence-electron chi connectivity index (χ4n) is 2.75. The maximum Gasteiger partial charge on any atom is 0.265 e. The predicted molar refractivity (Wildman–Crippen MR) is 103 cm³/mol. The molecule has 0 aliphatic heterocycles. The van der Waals surface area contributed by atoms with Gasteiger partial charge in [-0.15, -0.1) is 0 Å². The summed E-state index contributed by atoms with van der Waals surface area (Å²) >= 11 is 6.33. The number of rotatable bonds is 6. The number of halogens is 1. The number of fused-ring (bicyclic) bond motifs is 1. The Kier molecular flexibility index (Phi) is 5.61. The van der Waals surface area contributed by atoms with E-state index >= 15 is 0 Å². The molecule has 26 heavy (non-hydrogen) atoms. The van der Waals surface area contributed by atoms with Crippen LogP contribution in [0.2, 0.25) is 5.02 Å². The molecule has 0 fully saturated rings. The van der Waals surface area contributed by atoms with Crippen LogP contribution in [0.5, 0.6) is 11.5 Å². The third-order valence-electron chi connectivity index (χ3n) is 3.95. The first-order valence-corrected chi connectivity index (χ1v) is 8.58. The third kappa shape index (κ3) is 3.74. The van der Waals surface area contributed by atoms with E-state index in [4.69, 9.17) is 26.9 Å². The number of carbonyl (C=O) groups excluding carboxylic acids is 1. The molecule has 0 aromatic heterocycles. The zero-order valence-corrected chi connectivity index (χ0v) is 15.0. The Labute approximate surface area is 156 Å². The monoisotopic (exact) mass is 370 g/mol. The van der Waals surface area contributed by atoms with Crippen LogP contribution in [0.3, 0.4) is 0 Å². The summed E-state index contributed by atoms with van der Waals surface area (Å²) in [5.74, 6) is 5.54. The summed E-state index contributed by atoms with van der Waals surface area (Å²) in [7, 11) is 0. The molecule has 1 amide bonds. The van der Waals surface area contributed by atoms with Crippen molar-refractivity contribution in [2.45, 2.75) is 13.5 Å². The average Bonchev–Trinajstić information content (AvgIpc) is 2.66. The van der Waals surface area contributed by atoms with Crippen molar-refractivity contribution in [3.05, 3.63) is 70.7 Å². The molecule has 0 radical (unpaired) electrons. The van der Waals surface area contributed by atoms with Gasteiger partial charge < -0.3 is 9.47 Å². The highest BCUT2D eigenvalue weighted by Gasteiger charge is 2.16. The lowest BCUT2D eigenvalue weighted by atomic mass is 10.1. The van der Waals surface area contributed by atoms with E-state index in [1.54, 1.807) is 6.07 Å². The van der Waals surface area contributed by atoms with Crippen molar-refractivity contribution in [1.29, 1.82) is 0 Å². The SMILES string of the molecule is CCOc1cc(C(=O)NN)cc(Cl)c1OCc1cccc2ccccc12. The van der Waals surface area contributed by atoms with Crippen molar-refractivity contribution in [3.8, 4) is 11.5 Å². The minimum absolute atomic E-state index is 0.287. The normalized spacial score (nSPS) is 10.6. The second-order valence-electron chi connectivity index (χ2n) is 5.62. The first-order chi connectivity index (χ1) is 12.6. The largest absolute Gasteiger partial charge is 0.490 e. The van der Waals surface area contributed by atoms with E-state index in [1.807, 2.05) is 37.3 Å². The highest BCUT2D eigenvalue weighted by molar-refractivity contribution is 6.32. The summed E-state index contributed by atoms with van der Waals surface area (Å²) in [6.07, 6.45) is 0. The Morgan fingerprint density at radius 1 is 1.12 bits per heavy atom. The molecule has 5 nitrogen and oxygen atoms in total. The lowest BCUT2D eigenvalue weighted by molar-refractivity contribution is 0.0953. The van der Waals surface area contributed by atoms with E-state index in [0.29, 0.717) is 30.3 Å². The third-order valence-corrected chi connectivity index (χ3v) is 4.24. The fourth-order valence-corrected chi connectivity index (χ4v) is 3.02. The first-order valence-electron chi connectivity index (χ1n) is 8.20. The number of nitrogen functional groups attached to an aromatic ring is 1. The number of nitrogens with two attached hydrogens (primary N) is 1. The average molecular weight is 371 g/mol. The highest BCUT2D eigenvalue weighted by Crippen LogP contribution is 2.37. The van der Waals surface area contributed by atoms with Gasteiger partial charge in [0.15, 0.2) is 11.5 Å². The lowest BCUT2D eigenvalue weighted by Gasteiger charge is -2.15. The summed E-state index contributed by atoms with van der Waals surface area (Å²) < 4.78 is 11.6. The number of ether oxygens (including phenoxy) is 2. The minimum Gasteiger partial charge on any atom is -0.490 e. The highest BCUT2D eigenvalue weighted by atomic mass is 35.5. The van der Waals surface area contributed by atoms with Crippen LogP contribution in [0.1, 0.15) is 22.8 Å². The molecule has 3 rings (SSSR count). The number of hydrazine groups is 1. The van der Waals surface area contributed by atoms with E-state index in [2.05, 4.69) is 17.6 Å². The molecular formula is C20H19ClN2O3. The summed E-state index contributed by atoms with van der Waals surface area (Å²) in [6, 6.07) is 17.2. The molecule has 0 aliphatic carbocycles.